The van der Waals surface area contributed by atoms with Gasteiger partial charge in [0.05, 0.1) is 0 Å². The van der Waals surface area contributed by atoms with Crippen molar-refractivity contribution < 1.29 is 9.59 Å². The zero-order valence-electron chi connectivity index (χ0n) is 14.0. The van der Waals surface area contributed by atoms with E-state index in [0.717, 1.165) is 5.56 Å². The third-order valence-corrected chi connectivity index (χ3v) is 4.10. The van der Waals surface area contributed by atoms with Gasteiger partial charge in [0.2, 0.25) is 0 Å². The van der Waals surface area contributed by atoms with Crippen molar-refractivity contribution in [2.75, 3.05) is 11.9 Å². The molecular weight excluding hydrogens is 324 g/mol. The molecule has 0 atom stereocenters. The van der Waals surface area contributed by atoms with E-state index >= 15 is 0 Å². The number of carbonyl (C=O) groups excluding carboxylic acids is 2. The van der Waals surface area contributed by atoms with Gasteiger partial charge in [0.25, 0.3) is 0 Å². The minimum atomic E-state index is -0.308. The van der Waals surface area contributed by atoms with Gasteiger partial charge in [0.1, 0.15) is 0 Å². The summed E-state index contributed by atoms with van der Waals surface area (Å²) in [5.41, 5.74) is 2.01. The summed E-state index contributed by atoms with van der Waals surface area (Å²) in [5, 5.41) is 6.30. The van der Waals surface area contributed by atoms with Gasteiger partial charge in [0.15, 0.2) is 5.78 Å². The van der Waals surface area contributed by atoms with Crippen LogP contribution in [0.4, 0.5) is 10.5 Å². The van der Waals surface area contributed by atoms with Crippen molar-refractivity contribution in [2.45, 2.75) is 26.2 Å². The summed E-state index contributed by atoms with van der Waals surface area (Å²) in [6.07, 6.45) is 0. The number of amides is 2. The molecule has 0 saturated heterocycles. The van der Waals surface area contributed by atoms with Gasteiger partial charge < -0.3 is 10.6 Å². The zero-order valence-corrected chi connectivity index (χ0v) is 14.8. The second kappa shape index (κ2) is 7.49. The number of urea groups is 1. The van der Waals surface area contributed by atoms with Gasteiger partial charge in [-0.2, -0.15) is 0 Å². The van der Waals surface area contributed by atoms with Crippen LogP contribution in [-0.2, 0) is 5.41 Å². The number of Topliss-reactive ketones (excluding diaryl/α,β-unsaturated/α-hetero) is 1. The average molecular weight is 345 g/mol. The fourth-order valence-corrected chi connectivity index (χ4v) is 2.42. The van der Waals surface area contributed by atoms with E-state index in [4.69, 9.17) is 11.6 Å². The van der Waals surface area contributed by atoms with Gasteiger partial charge in [-0.15, -0.1) is 0 Å². The van der Waals surface area contributed by atoms with Crippen LogP contribution < -0.4 is 10.6 Å². The molecule has 0 aliphatic rings. The first-order valence-corrected chi connectivity index (χ1v) is 8.08. The van der Waals surface area contributed by atoms with Crippen LogP contribution in [0.25, 0.3) is 0 Å². The van der Waals surface area contributed by atoms with Crippen LogP contribution in [0.15, 0.2) is 48.5 Å². The van der Waals surface area contributed by atoms with Gasteiger partial charge in [-0.05, 0) is 36.8 Å². The molecule has 24 heavy (non-hydrogen) atoms. The Morgan fingerprint density at radius 1 is 1.08 bits per heavy atom. The molecule has 2 N–H and O–H groups in total. The fraction of sp³-hybridized carbons (Fsp3) is 0.263. The highest BCUT2D eigenvalue weighted by Gasteiger charge is 2.21. The molecule has 0 aliphatic carbocycles. The second-order valence-electron chi connectivity index (χ2n) is 6.34. The maximum atomic E-state index is 12.1. The van der Waals surface area contributed by atoms with Crippen LogP contribution in [0, 0.1) is 0 Å². The topological polar surface area (TPSA) is 58.2 Å². The number of hydrogen-bond acceptors (Lipinski definition) is 2. The van der Waals surface area contributed by atoms with E-state index in [0.29, 0.717) is 22.8 Å². The van der Waals surface area contributed by atoms with E-state index in [-0.39, 0.29) is 17.2 Å². The van der Waals surface area contributed by atoms with Crippen molar-refractivity contribution in [3.05, 3.63) is 64.7 Å². The first kappa shape index (κ1) is 18.0. The minimum absolute atomic E-state index is 0.0390. The lowest BCUT2D eigenvalue weighted by atomic mass is 9.85. The van der Waals surface area contributed by atoms with Crippen LogP contribution in [0.5, 0.6) is 0 Å². The van der Waals surface area contributed by atoms with Crippen LogP contribution in [0.2, 0.25) is 5.02 Å². The number of benzene rings is 2. The molecule has 0 aromatic heterocycles. The van der Waals surface area contributed by atoms with Crippen molar-refractivity contribution in [2.24, 2.45) is 0 Å². The Bertz CT molecular complexity index is 739. The molecule has 2 aromatic carbocycles. The number of rotatable bonds is 5. The molecule has 4 nitrogen and oxygen atoms in total. The molecule has 0 bridgehead atoms. The second-order valence-corrected chi connectivity index (χ2v) is 6.77. The van der Waals surface area contributed by atoms with Crippen LogP contribution >= 0.6 is 11.6 Å². The number of carbonyl (C=O) groups is 2. The molecule has 0 radical (unpaired) electrons. The van der Waals surface area contributed by atoms with E-state index in [9.17, 15) is 9.59 Å². The van der Waals surface area contributed by atoms with Crippen molar-refractivity contribution in [3.8, 4) is 0 Å². The highest BCUT2D eigenvalue weighted by Crippen LogP contribution is 2.24. The first-order valence-electron chi connectivity index (χ1n) is 7.70. The van der Waals surface area contributed by atoms with Crippen molar-refractivity contribution in [1.82, 2.24) is 5.32 Å². The van der Waals surface area contributed by atoms with Crippen LogP contribution in [0.3, 0.4) is 0 Å². The Balaban J connectivity index is 1.96. The van der Waals surface area contributed by atoms with E-state index < -0.39 is 0 Å². The molecule has 2 amide bonds. The van der Waals surface area contributed by atoms with E-state index in [2.05, 4.69) is 10.6 Å². The van der Waals surface area contributed by atoms with Gasteiger partial charge >= 0.3 is 6.03 Å². The van der Waals surface area contributed by atoms with Gasteiger partial charge in [-0.1, -0.05) is 49.7 Å². The molecular formula is C19H21ClN2O2. The standard InChI is InChI=1S/C19H21ClN2O2/c1-13(23)14-5-4-6-17(11-14)22-18(24)21-12-19(2,3)15-7-9-16(20)10-8-15/h4-11H,12H2,1-3H3,(H2,21,22,24). The molecule has 0 unspecified atom stereocenters. The molecule has 0 heterocycles. The van der Waals surface area contributed by atoms with E-state index in [1.165, 1.54) is 6.92 Å². The quantitative estimate of drug-likeness (QED) is 0.776. The van der Waals surface area contributed by atoms with Crippen LogP contribution in [-0.4, -0.2) is 18.4 Å². The number of hydrogen-bond donors (Lipinski definition) is 2. The largest absolute Gasteiger partial charge is 0.337 e. The maximum Gasteiger partial charge on any atom is 0.319 e. The third kappa shape index (κ3) is 4.83. The average Bonchev–Trinajstić information content (AvgIpc) is 2.54. The summed E-state index contributed by atoms with van der Waals surface area (Å²) >= 11 is 5.91. The lowest BCUT2D eigenvalue weighted by molar-refractivity contribution is 0.101. The van der Waals surface area contributed by atoms with Gasteiger partial charge in [0, 0.05) is 28.2 Å². The Morgan fingerprint density at radius 2 is 1.75 bits per heavy atom. The fourth-order valence-electron chi connectivity index (χ4n) is 2.30. The third-order valence-electron chi connectivity index (χ3n) is 3.84. The normalized spacial score (nSPS) is 11.0. The van der Waals surface area contributed by atoms with Gasteiger partial charge in [-0.3, -0.25) is 4.79 Å². The predicted molar refractivity (Wildman–Crippen MR) is 97.9 cm³/mol. The van der Waals surface area contributed by atoms with Crippen molar-refractivity contribution in [3.63, 3.8) is 0 Å². The molecule has 0 fully saturated rings. The Morgan fingerprint density at radius 3 is 2.38 bits per heavy atom. The Hall–Kier alpha value is -2.33. The lowest BCUT2D eigenvalue weighted by Gasteiger charge is -2.25. The molecule has 0 aliphatic heterocycles. The number of ketones is 1. The highest BCUT2D eigenvalue weighted by atomic mass is 35.5. The summed E-state index contributed by atoms with van der Waals surface area (Å²) < 4.78 is 0. The van der Waals surface area contributed by atoms with Gasteiger partial charge in [-0.25, -0.2) is 4.79 Å². The molecule has 2 rings (SSSR count). The number of anilines is 1. The molecule has 5 heteroatoms. The summed E-state index contributed by atoms with van der Waals surface area (Å²) in [7, 11) is 0. The smallest absolute Gasteiger partial charge is 0.319 e. The predicted octanol–water partition coefficient (Wildman–Crippen LogP) is 4.64. The first-order chi connectivity index (χ1) is 11.3. The Kier molecular flexibility index (Phi) is 5.62. The summed E-state index contributed by atoms with van der Waals surface area (Å²) in [6.45, 7) is 6.06. The lowest BCUT2D eigenvalue weighted by Crippen LogP contribution is -2.39. The molecule has 0 spiro atoms. The molecule has 2 aromatic rings. The van der Waals surface area contributed by atoms with Crippen molar-refractivity contribution >= 4 is 29.1 Å². The molecule has 126 valence electrons. The minimum Gasteiger partial charge on any atom is -0.337 e. The summed E-state index contributed by atoms with van der Waals surface area (Å²) in [6, 6.07) is 14.1. The SMILES string of the molecule is CC(=O)c1cccc(NC(=O)NCC(C)(C)c2ccc(Cl)cc2)c1. The van der Waals surface area contributed by atoms with Crippen molar-refractivity contribution in [1.29, 1.82) is 0 Å². The highest BCUT2D eigenvalue weighted by molar-refractivity contribution is 6.30. The summed E-state index contributed by atoms with van der Waals surface area (Å²) in [4.78, 5) is 23.5. The number of halogens is 1. The van der Waals surface area contributed by atoms with E-state index in [1.54, 1.807) is 24.3 Å². The summed E-state index contributed by atoms with van der Waals surface area (Å²) in [5.74, 6) is -0.0390. The maximum absolute atomic E-state index is 12.1. The zero-order chi connectivity index (χ0) is 17.7. The van der Waals surface area contributed by atoms with Crippen LogP contribution in [0.1, 0.15) is 36.7 Å². The Labute approximate surface area is 147 Å². The monoisotopic (exact) mass is 344 g/mol. The molecule has 0 saturated carbocycles. The van der Waals surface area contributed by atoms with E-state index in [1.807, 2.05) is 38.1 Å². The number of nitrogens with one attached hydrogen (secondary N) is 2.